The Balaban J connectivity index is 5.39. The molecule has 0 saturated carbocycles. The summed E-state index contributed by atoms with van der Waals surface area (Å²) in [6.07, 6.45) is 1.91. The number of carboxylic acids is 1. The number of carbonyl (C=O) groups is 4. The minimum Gasteiger partial charge on any atom is -0.480 e. The van der Waals surface area contributed by atoms with E-state index >= 15 is 0 Å². The van der Waals surface area contributed by atoms with E-state index in [0.717, 1.165) is 0 Å². The van der Waals surface area contributed by atoms with Crippen LogP contribution in [0.3, 0.4) is 0 Å². The molecule has 0 aromatic rings. The average molecular weight is 505 g/mol. The zero-order chi connectivity index (χ0) is 26.3. The highest BCUT2D eigenvalue weighted by Gasteiger charge is 2.31. The van der Waals surface area contributed by atoms with E-state index in [0.29, 0.717) is 25.8 Å². The van der Waals surface area contributed by atoms with Crippen molar-refractivity contribution < 1.29 is 24.3 Å². The Hall–Kier alpha value is -2.58. The van der Waals surface area contributed by atoms with E-state index in [-0.39, 0.29) is 37.0 Å². The van der Waals surface area contributed by atoms with Gasteiger partial charge in [0, 0.05) is 12.3 Å². The van der Waals surface area contributed by atoms with Gasteiger partial charge in [0.05, 0.1) is 6.04 Å². The standard InChI is InChI=1S/C20H40N8O5S/c1-11(2)15(18(31)27-14(19(32)33)6-3-4-8-21)28-17(30)13(7-5-9-25-20(23)24)26-16(29)12(22)10-34/h11-15,34H,3-10,21-22H2,1-2H3,(H,26,29)(H,27,31)(H,28,30)(H,32,33)(H4,23,24,25). The van der Waals surface area contributed by atoms with E-state index in [9.17, 15) is 24.3 Å². The highest BCUT2D eigenvalue weighted by Crippen LogP contribution is 2.08. The average Bonchev–Trinajstić information content (AvgIpc) is 2.77. The summed E-state index contributed by atoms with van der Waals surface area (Å²) in [5, 5.41) is 17.1. The number of carbonyl (C=O) groups excluding carboxylic acids is 3. The summed E-state index contributed by atoms with van der Waals surface area (Å²) in [6.45, 7) is 4.06. The van der Waals surface area contributed by atoms with Crippen LogP contribution in [0.5, 0.6) is 0 Å². The normalized spacial score (nSPS) is 14.4. The zero-order valence-electron chi connectivity index (χ0n) is 19.8. The molecule has 0 aliphatic carbocycles. The maximum absolute atomic E-state index is 13.0. The van der Waals surface area contributed by atoms with Gasteiger partial charge in [0.25, 0.3) is 0 Å². The van der Waals surface area contributed by atoms with Crippen LogP contribution in [-0.2, 0) is 19.2 Å². The fraction of sp³-hybridized carbons (Fsp3) is 0.750. The van der Waals surface area contributed by atoms with Gasteiger partial charge >= 0.3 is 5.97 Å². The number of rotatable bonds is 17. The van der Waals surface area contributed by atoms with Gasteiger partial charge in [-0.1, -0.05) is 13.8 Å². The number of amides is 3. The van der Waals surface area contributed by atoms with E-state index in [1.165, 1.54) is 0 Å². The van der Waals surface area contributed by atoms with Crippen molar-refractivity contribution in [3.05, 3.63) is 0 Å². The number of guanidine groups is 1. The summed E-state index contributed by atoms with van der Waals surface area (Å²) in [4.78, 5) is 53.4. The molecular weight excluding hydrogens is 464 g/mol. The fourth-order valence-electron chi connectivity index (χ4n) is 2.93. The van der Waals surface area contributed by atoms with Crippen molar-refractivity contribution in [2.24, 2.45) is 33.8 Å². The minimum atomic E-state index is -1.18. The summed E-state index contributed by atoms with van der Waals surface area (Å²) in [6, 6.07) is -4.08. The van der Waals surface area contributed by atoms with E-state index < -0.39 is 47.9 Å². The van der Waals surface area contributed by atoms with Crippen LogP contribution >= 0.6 is 12.6 Å². The summed E-state index contributed by atoms with van der Waals surface area (Å²) < 4.78 is 0. The van der Waals surface area contributed by atoms with Crippen LogP contribution in [0.15, 0.2) is 4.99 Å². The third-order valence-corrected chi connectivity index (χ3v) is 5.31. The lowest BCUT2D eigenvalue weighted by atomic mass is 10.0. The van der Waals surface area contributed by atoms with Crippen molar-refractivity contribution in [1.82, 2.24) is 16.0 Å². The molecule has 0 aromatic carbocycles. The predicted molar refractivity (Wildman–Crippen MR) is 133 cm³/mol. The molecule has 34 heavy (non-hydrogen) atoms. The molecule has 12 N–H and O–H groups in total. The first-order valence-electron chi connectivity index (χ1n) is 11.2. The molecule has 0 radical (unpaired) electrons. The maximum atomic E-state index is 13.0. The molecule has 0 rings (SSSR count). The summed E-state index contributed by atoms with van der Waals surface area (Å²) in [5.74, 6) is -3.39. The molecule has 196 valence electrons. The lowest BCUT2D eigenvalue weighted by molar-refractivity contribution is -0.142. The molecule has 0 aromatic heterocycles. The van der Waals surface area contributed by atoms with E-state index in [4.69, 9.17) is 22.9 Å². The van der Waals surface area contributed by atoms with Gasteiger partial charge in [0.2, 0.25) is 17.7 Å². The molecule has 0 saturated heterocycles. The first-order chi connectivity index (χ1) is 15.9. The smallest absolute Gasteiger partial charge is 0.326 e. The third-order valence-electron chi connectivity index (χ3n) is 4.92. The zero-order valence-corrected chi connectivity index (χ0v) is 20.7. The number of thiol groups is 1. The Bertz CT molecular complexity index is 702. The molecule has 0 heterocycles. The Labute approximate surface area is 205 Å². The molecule has 0 aliphatic heterocycles. The van der Waals surface area contributed by atoms with E-state index in [1.807, 2.05) is 0 Å². The van der Waals surface area contributed by atoms with Crippen molar-refractivity contribution in [3.8, 4) is 0 Å². The number of aliphatic imine (C=N–C) groups is 1. The molecule has 0 fully saturated rings. The second kappa shape index (κ2) is 16.9. The van der Waals surface area contributed by atoms with Gasteiger partial charge in [-0.25, -0.2) is 4.79 Å². The second-order valence-corrected chi connectivity index (χ2v) is 8.58. The van der Waals surface area contributed by atoms with Gasteiger partial charge in [-0.05, 0) is 44.6 Å². The largest absolute Gasteiger partial charge is 0.480 e. The first-order valence-corrected chi connectivity index (χ1v) is 11.8. The maximum Gasteiger partial charge on any atom is 0.326 e. The highest BCUT2D eigenvalue weighted by atomic mass is 32.1. The Morgan fingerprint density at radius 3 is 2.00 bits per heavy atom. The molecule has 3 amide bonds. The molecule has 14 heteroatoms. The van der Waals surface area contributed by atoms with Crippen molar-refractivity contribution in [2.75, 3.05) is 18.8 Å². The molecule has 0 spiro atoms. The van der Waals surface area contributed by atoms with Crippen molar-refractivity contribution in [1.29, 1.82) is 0 Å². The first kappa shape index (κ1) is 31.4. The van der Waals surface area contributed by atoms with E-state index in [2.05, 4.69) is 33.6 Å². The van der Waals surface area contributed by atoms with Gasteiger partial charge in [-0.2, -0.15) is 12.6 Å². The van der Waals surface area contributed by atoms with Crippen molar-refractivity contribution >= 4 is 42.3 Å². The summed E-state index contributed by atoms with van der Waals surface area (Å²) in [7, 11) is 0. The topological polar surface area (TPSA) is 241 Å². The number of nitrogens with zero attached hydrogens (tertiary/aromatic N) is 1. The number of nitrogens with two attached hydrogens (primary N) is 4. The molecule has 4 atom stereocenters. The number of nitrogens with one attached hydrogen (secondary N) is 3. The molecular formula is C20H40N8O5S. The quantitative estimate of drug-likeness (QED) is 0.0444. The number of hydrogen-bond acceptors (Lipinski definition) is 8. The van der Waals surface area contributed by atoms with E-state index in [1.54, 1.807) is 13.8 Å². The molecule has 0 aliphatic rings. The van der Waals surface area contributed by atoms with Crippen LogP contribution in [0.25, 0.3) is 0 Å². The highest BCUT2D eigenvalue weighted by molar-refractivity contribution is 7.80. The van der Waals surface area contributed by atoms with Crippen LogP contribution in [0.4, 0.5) is 0 Å². The lowest BCUT2D eigenvalue weighted by Crippen LogP contribution is -2.58. The van der Waals surface area contributed by atoms with Gasteiger partial charge in [0.15, 0.2) is 5.96 Å². The summed E-state index contributed by atoms with van der Waals surface area (Å²) in [5.41, 5.74) is 21.7. The van der Waals surface area contributed by atoms with Gasteiger partial charge in [0.1, 0.15) is 18.1 Å². The lowest BCUT2D eigenvalue weighted by Gasteiger charge is -2.27. The predicted octanol–water partition coefficient (Wildman–Crippen LogP) is -2.38. The number of unbranched alkanes of at least 4 members (excludes halogenated alkanes) is 1. The Morgan fingerprint density at radius 1 is 0.912 bits per heavy atom. The molecule has 13 nitrogen and oxygen atoms in total. The number of hydrogen-bond donors (Lipinski definition) is 9. The monoisotopic (exact) mass is 504 g/mol. The number of carboxylic acid groups (broad SMARTS) is 1. The van der Waals surface area contributed by atoms with Crippen molar-refractivity contribution in [3.63, 3.8) is 0 Å². The minimum absolute atomic E-state index is 0.0753. The SMILES string of the molecule is CC(C)C(NC(=O)C(CCCN=C(N)N)NC(=O)C(N)CS)C(=O)NC(CCCCN)C(=O)O. The van der Waals surface area contributed by atoms with Crippen LogP contribution in [0.2, 0.25) is 0 Å². The number of aliphatic carboxylic acids is 1. The second-order valence-electron chi connectivity index (χ2n) is 8.21. The van der Waals surface area contributed by atoms with Crippen LogP contribution in [0, 0.1) is 5.92 Å². The Kier molecular flexibility index (Phi) is 15.7. The summed E-state index contributed by atoms with van der Waals surface area (Å²) >= 11 is 3.99. The van der Waals surface area contributed by atoms with Gasteiger partial charge in [-0.15, -0.1) is 0 Å². The van der Waals surface area contributed by atoms with Crippen LogP contribution in [0.1, 0.15) is 46.0 Å². The van der Waals surface area contributed by atoms with Gasteiger partial charge in [-0.3, -0.25) is 19.4 Å². The Morgan fingerprint density at radius 2 is 1.50 bits per heavy atom. The fourth-order valence-corrected chi connectivity index (χ4v) is 3.10. The van der Waals surface area contributed by atoms with Crippen molar-refractivity contribution in [2.45, 2.75) is 70.1 Å². The van der Waals surface area contributed by atoms with Crippen LogP contribution in [-0.4, -0.2) is 77.8 Å². The third kappa shape index (κ3) is 12.6. The van der Waals surface area contributed by atoms with Gasteiger partial charge < -0.3 is 44.0 Å². The molecule has 0 bridgehead atoms. The molecule has 4 unspecified atom stereocenters. The van der Waals surface area contributed by atoms with Crippen LogP contribution < -0.4 is 38.9 Å².